The number of hydrogen-bond donors (Lipinski definition) is 2. The van der Waals surface area contributed by atoms with Crippen molar-refractivity contribution in [2.75, 3.05) is 0 Å². The number of aliphatic carboxylic acids is 1. The number of carbonyl (C=O) groups is 1. The molecule has 3 nitrogen and oxygen atoms in total. The molecule has 0 aliphatic heterocycles. The molecule has 0 fully saturated rings. The molecule has 0 saturated carbocycles. The van der Waals surface area contributed by atoms with E-state index in [2.05, 4.69) is 0 Å². The van der Waals surface area contributed by atoms with Gasteiger partial charge in [-0.05, 0) is 74.5 Å². The highest BCUT2D eigenvalue weighted by atomic mass is 127. The average Bonchev–Trinajstić information content (AvgIpc) is 2.42. The van der Waals surface area contributed by atoms with Gasteiger partial charge in [0.05, 0.1) is 12.7 Å². The molecule has 2 aromatic carbocycles. The summed E-state index contributed by atoms with van der Waals surface area (Å²) in [6.07, 6.45) is 1.61. The van der Waals surface area contributed by atoms with Crippen LogP contribution in [0.4, 0.5) is 0 Å². The first-order chi connectivity index (χ1) is 9.49. The third kappa shape index (κ3) is 3.51. The molecule has 2 aromatic rings. The average molecular weight is 492 g/mol. The maximum Gasteiger partial charge on any atom is 0.336 e. The largest absolute Gasteiger partial charge is 0.506 e. The Balaban J connectivity index is 2.53. The summed E-state index contributed by atoms with van der Waals surface area (Å²) in [7, 11) is 0. The van der Waals surface area contributed by atoms with Gasteiger partial charge in [-0.2, -0.15) is 0 Å². The van der Waals surface area contributed by atoms with Gasteiger partial charge in [0.15, 0.2) is 0 Å². The molecule has 0 bridgehead atoms. The highest BCUT2D eigenvalue weighted by Crippen LogP contribution is 2.29. The number of phenolic OH excluding ortho intramolecular Hbond substituents is 1. The molecule has 0 spiro atoms. The van der Waals surface area contributed by atoms with Gasteiger partial charge in [0.1, 0.15) is 5.75 Å². The van der Waals surface area contributed by atoms with Crippen LogP contribution in [0.15, 0.2) is 42.5 Å². The monoisotopic (exact) mass is 492 g/mol. The fourth-order valence-corrected chi connectivity index (χ4v) is 3.54. The van der Waals surface area contributed by atoms with Crippen LogP contribution in [0.25, 0.3) is 11.6 Å². The number of hydrogen-bond acceptors (Lipinski definition) is 2. The van der Waals surface area contributed by atoms with Crippen molar-refractivity contribution in [1.82, 2.24) is 0 Å². The molecule has 20 heavy (non-hydrogen) atoms. The highest BCUT2D eigenvalue weighted by Gasteiger charge is 2.11. The standard InChI is InChI=1S/C15H10I2O3/c16-12-7-9(8-13(17)14(12)18)6-11(15(19)20)10-4-2-1-3-5-10/h1-8,18H,(H,19,20)/b11-6-. The Morgan fingerprint density at radius 2 is 1.60 bits per heavy atom. The van der Waals surface area contributed by atoms with E-state index in [0.29, 0.717) is 12.7 Å². The van der Waals surface area contributed by atoms with E-state index in [9.17, 15) is 15.0 Å². The number of halogens is 2. The van der Waals surface area contributed by atoms with Crippen LogP contribution < -0.4 is 0 Å². The van der Waals surface area contributed by atoms with Gasteiger partial charge in [-0.3, -0.25) is 0 Å². The molecule has 2 N–H and O–H groups in total. The van der Waals surface area contributed by atoms with Gasteiger partial charge >= 0.3 is 5.97 Å². The van der Waals surface area contributed by atoms with Crippen LogP contribution in [-0.2, 0) is 4.79 Å². The minimum Gasteiger partial charge on any atom is -0.506 e. The lowest BCUT2D eigenvalue weighted by molar-refractivity contribution is -0.130. The summed E-state index contributed by atoms with van der Waals surface area (Å²) in [5.41, 5.74) is 1.62. The quantitative estimate of drug-likeness (QED) is 0.384. The van der Waals surface area contributed by atoms with Gasteiger partial charge in [0.25, 0.3) is 0 Å². The molecule has 5 heteroatoms. The summed E-state index contributed by atoms with van der Waals surface area (Å²) >= 11 is 4.05. The zero-order chi connectivity index (χ0) is 14.7. The van der Waals surface area contributed by atoms with Crippen LogP contribution >= 0.6 is 45.2 Å². The first kappa shape index (κ1) is 15.3. The molecule has 0 atom stereocenters. The predicted octanol–water partition coefficient (Wildman–Crippen LogP) is 4.23. The third-order valence-corrected chi connectivity index (χ3v) is 4.31. The molecular formula is C15H10I2O3. The summed E-state index contributed by atoms with van der Waals surface area (Å²) in [6.45, 7) is 0. The van der Waals surface area contributed by atoms with Crippen LogP contribution in [0.5, 0.6) is 5.75 Å². The van der Waals surface area contributed by atoms with Crippen LogP contribution in [-0.4, -0.2) is 16.2 Å². The van der Waals surface area contributed by atoms with Gasteiger partial charge < -0.3 is 10.2 Å². The van der Waals surface area contributed by atoms with E-state index >= 15 is 0 Å². The molecule has 0 radical (unpaired) electrons. The Morgan fingerprint density at radius 1 is 1.05 bits per heavy atom. The van der Waals surface area contributed by atoms with Gasteiger partial charge in [0.2, 0.25) is 0 Å². The maximum atomic E-state index is 11.4. The highest BCUT2D eigenvalue weighted by molar-refractivity contribution is 14.1. The lowest BCUT2D eigenvalue weighted by Gasteiger charge is -2.05. The Hall–Kier alpha value is -1.09. The van der Waals surface area contributed by atoms with Crippen molar-refractivity contribution in [2.45, 2.75) is 0 Å². The van der Waals surface area contributed by atoms with E-state index < -0.39 is 5.97 Å². The first-order valence-electron chi connectivity index (χ1n) is 5.67. The molecule has 0 aliphatic rings. The van der Waals surface area contributed by atoms with Gasteiger partial charge in [-0.15, -0.1) is 0 Å². The minimum atomic E-state index is -0.978. The first-order valence-corrected chi connectivity index (χ1v) is 7.83. The lowest BCUT2D eigenvalue weighted by atomic mass is 10.0. The van der Waals surface area contributed by atoms with Crippen LogP contribution in [0.1, 0.15) is 11.1 Å². The second kappa shape index (κ2) is 6.57. The smallest absolute Gasteiger partial charge is 0.336 e. The fraction of sp³-hybridized carbons (Fsp3) is 0. The van der Waals surface area contributed by atoms with E-state index in [0.717, 1.165) is 5.56 Å². The molecule has 0 unspecified atom stereocenters. The fourth-order valence-electron chi connectivity index (χ4n) is 1.72. The Labute approximate surface area is 143 Å². The van der Waals surface area contributed by atoms with E-state index in [-0.39, 0.29) is 11.3 Å². The van der Waals surface area contributed by atoms with Crippen LogP contribution in [0, 0.1) is 7.14 Å². The summed E-state index contributed by atoms with van der Waals surface area (Å²) < 4.78 is 1.39. The van der Waals surface area contributed by atoms with Crippen molar-refractivity contribution in [3.8, 4) is 5.75 Å². The molecule has 0 heterocycles. The number of carboxylic acid groups (broad SMARTS) is 1. The Kier molecular flexibility index (Phi) is 5.03. The second-order valence-corrected chi connectivity index (χ2v) is 6.39. The summed E-state index contributed by atoms with van der Waals surface area (Å²) in [6, 6.07) is 12.5. The van der Waals surface area contributed by atoms with Crippen LogP contribution in [0.2, 0.25) is 0 Å². The van der Waals surface area contributed by atoms with Crippen molar-refractivity contribution in [3.63, 3.8) is 0 Å². The normalized spacial score (nSPS) is 11.4. The number of phenols is 1. The SMILES string of the molecule is O=C(O)/C(=C\c1cc(I)c(O)c(I)c1)c1ccccc1. The summed E-state index contributed by atoms with van der Waals surface area (Å²) in [4.78, 5) is 11.4. The Bertz CT molecular complexity index is 656. The molecule has 0 aliphatic carbocycles. The van der Waals surface area contributed by atoms with Crippen molar-refractivity contribution >= 4 is 62.8 Å². The molecule has 2 rings (SSSR count). The topological polar surface area (TPSA) is 57.5 Å². The predicted molar refractivity (Wildman–Crippen MR) is 95.5 cm³/mol. The molecule has 0 saturated heterocycles. The van der Waals surface area contributed by atoms with Gasteiger partial charge in [-0.25, -0.2) is 4.79 Å². The van der Waals surface area contributed by atoms with Crippen molar-refractivity contribution in [1.29, 1.82) is 0 Å². The van der Waals surface area contributed by atoms with E-state index in [1.165, 1.54) is 0 Å². The molecule has 0 aromatic heterocycles. The zero-order valence-corrected chi connectivity index (χ0v) is 14.5. The lowest BCUT2D eigenvalue weighted by Crippen LogP contribution is -1.99. The number of carboxylic acids is 1. The minimum absolute atomic E-state index is 0.222. The van der Waals surface area contributed by atoms with Crippen molar-refractivity contribution in [2.24, 2.45) is 0 Å². The van der Waals surface area contributed by atoms with E-state index in [1.54, 1.807) is 42.5 Å². The second-order valence-electron chi connectivity index (χ2n) is 4.06. The third-order valence-electron chi connectivity index (χ3n) is 2.67. The van der Waals surface area contributed by atoms with Crippen molar-refractivity contribution in [3.05, 3.63) is 60.7 Å². The molecular weight excluding hydrogens is 482 g/mol. The summed E-state index contributed by atoms with van der Waals surface area (Å²) in [5.74, 6) is -0.755. The number of benzene rings is 2. The van der Waals surface area contributed by atoms with Gasteiger partial charge in [-0.1, -0.05) is 30.3 Å². The number of aromatic hydroxyl groups is 1. The van der Waals surface area contributed by atoms with Crippen molar-refractivity contribution < 1.29 is 15.0 Å². The maximum absolute atomic E-state index is 11.4. The van der Waals surface area contributed by atoms with Crippen LogP contribution in [0.3, 0.4) is 0 Å². The van der Waals surface area contributed by atoms with E-state index in [4.69, 9.17) is 0 Å². The summed E-state index contributed by atoms with van der Waals surface area (Å²) in [5, 5.41) is 19.1. The van der Waals surface area contributed by atoms with E-state index in [1.807, 2.05) is 51.2 Å². The molecule has 102 valence electrons. The van der Waals surface area contributed by atoms with Gasteiger partial charge in [0, 0.05) is 0 Å². The molecule has 0 amide bonds. The zero-order valence-electron chi connectivity index (χ0n) is 10.2. The number of rotatable bonds is 3. The Morgan fingerprint density at radius 3 is 2.10 bits per heavy atom.